The van der Waals surface area contributed by atoms with E-state index in [1.165, 1.54) is 6.26 Å². The van der Waals surface area contributed by atoms with E-state index in [4.69, 9.17) is 14.2 Å². The molecule has 0 spiro atoms. The number of carbonyl (C=O) groups is 2. The average molecular weight is 354 g/mol. The van der Waals surface area contributed by atoms with Gasteiger partial charge in [-0.05, 0) is 29.8 Å². The van der Waals surface area contributed by atoms with Crippen LogP contribution in [0, 0.1) is 0 Å². The van der Waals surface area contributed by atoms with Crippen molar-refractivity contribution in [3.63, 3.8) is 0 Å². The first-order valence-electron chi connectivity index (χ1n) is 8.04. The Kier molecular flexibility index (Phi) is 5.72. The van der Waals surface area contributed by atoms with E-state index < -0.39 is 11.8 Å². The van der Waals surface area contributed by atoms with E-state index in [9.17, 15) is 9.59 Å². The summed E-state index contributed by atoms with van der Waals surface area (Å²) in [5, 5.41) is 0. The Bertz CT molecular complexity index is 787. The van der Waals surface area contributed by atoms with Gasteiger partial charge in [0.05, 0.1) is 0 Å². The monoisotopic (exact) mass is 354 g/mol. The van der Waals surface area contributed by atoms with Crippen LogP contribution in [-0.4, -0.2) is 25.0 Å². The number of hydrogen-bond donors (Lipinski definition) is 2. The maximum atomic E-state index is 12.1. The second-order valence-electron chi connectivity index (χ2n) is 5.41. The molecule has 2 amide bonds. The van der Waals surface area contributed by atoms with Gasteiger partial charge in [0.1, 0.15) is 31.8 Å². The molecule has 0 atom stereocenters. The van der Waals surface area contributed by atoms with Crippen molar-refractivity contribution in [3.05, 3.63) is 77.7 Å². The summed E-state index contributed by atoms with van der Waals surface area (Å²) < 4.78 is 15.8. The lowest BCUT2D eigenvalue weighted by molar-refractivity contribution is -0.123. The van der Waals surface area contributed by atoms with Crippen molar-refractivity contribution < 1.29 is 23.8 Å². The Morgan fingerprint density at radius 1 is 0.923 bits per heavy atom. The third-order valence-corrected chi connectivity index (χ3v) is 3.53. The van der Waals surface area contributed by atoms with Crippen LogP contribution >= 0.6 is 0 Å². The second kappa shape index (κ2) is 8.57. The highest BCUT2D eigenvalue weighted by molar-refractivity contribution is 5.97. The van der Waals surface area contributed by atoms with Crippen molar-refractivity contribution >= 4 is 11.8 Å². The first-order valence-corrected chi connectivity index (χ1v) is 8.04. The third kappa shape index (κ3) is 4.76. The fraction of sp³-hybridized carbons (Fsp3) is 0.158. The van der Waals surface area contributed by atoms with Crippen LogP contribution in [0.2, 0.25) is 0 Å². The van der Waals surface area contributed by atoms with Gasteiger partial charge in [0.15, 0.2) is 0 Å². The molecule has 1 heterocycles. The van der Waals surface area contributed by atoms with Gasteiger partial charge in [0.2, 0.25) is 5.76 Å². The molecule has 26 heavy (non-hydrogen) atoms. The normalized spacial score (nSPS) is 12.8. The van der Waals surface area contributed by atoms with Crippen molar-refractivity contribution in [3.8, 4) is 5.75 Å². The maximum absolute atomic E-state index is 12.1. The lowest BCUT2D eigenvalue weighted by Gasteiger charge is -2.15. The predicted octanol–water partition coefficient (Wildman–Crippen LogP) is 1.91. The number of amides is 2. The number of hydrogen-bond acceptors (Lipinski definition) is 5. The summed E-state index contributed by atoms with van der Waals surface area (Å²) in [5.41, 5.74) is 6.02. The molecule has 3 rings (SSSR count). The number of carbonyl (C=O) groups excluding carboxylic acids is 2. The van der Waals surface area contributed by atoms with Crippen LogP contribution in [-0.2, 0) is 20.9 Å². The van der Waals surface area contributed by atoms with Gasteiger partial charge in [-0.2, -0.15) is 0 Å². The zero-order valence-corrected chi connectivity index (χ0v) is 13.9. The van der Waals surface area contributed by atoms with Crippen LogP contribution in [0.15, 0.2) is 66.6 Å². The average Bonchev–Trinajstić information content (AvgIpc) is 2.72. The molecule has 0 saturated carbocycles. The molecule has 7 nitrogen and oxygen atoms in total. The SMILES string of the molecule is O=C(NNC(=O)c1ccc(OCc2ccccc2)cc1)C1=COCCO1. The van der Waals surface area contributed by atoms with Gasteiger partial charge < -0.3 is 14.2 Å². The molecule has 0 aromatic heterocycles. The largest absolute Gasteiger partial charge is 0.494 e. The van der Waals surface area contributed by atoms with Crippen LogP contribution < -0.4 is 15.6 Å². The zero-order chi connectivity index (χ0) is 18.2. The van der Waals surface area contributed by atoms with E-state index in [0.29, 0.717) is 24.5 Å². The molecule has 0 aliphatic carbocycles. The predicted molar refractivity (Wildman–Crippen MR) is 92.8 cm³/mol. The highest BCUT2D eigenvalue weighted by atomic mass is 16.6. The molecule has 0 unspecified atom stereocenters. The van der Waals surface area contributed by atoms with Gasteiger partial charge >= 0.3 is 5.91 Å². The highest BCUT2D eigenvalue weighted by Gasteiger charge is 2.16. The first-order chi connectivity index (χ1) is 12.7. The van der Waals surface area contributed by atoms with Gasteiger partial charge in [0, 0.05) is 5.56 Å². The zero-order valence-electron chi connectivity index (χ0n) is 13.9. The Labute approximate surface area is 150 Å². The molecule has 2 N–H and O–H groups in total. The summed E-state index contributed by atoms with van der Waals surface area (Å²) in [6.45, 7) is 1.12. The molecule has 0 saturated heterocycles. The van der Waals surface area contributed by atoms with Crippen LogP contribution in [0.3, 0.4) is 0 Å². The Hall–Kier alpha value is -3.48. The van der Waals surface area contributed by atoms with Gasteiger partial charge in [0.25, 0.3) is 5.91 Å². The van der Waals surface area contributed by atoms with Crippen molar-refractivity contribution in [1.29, 1.82) is 0 Å². The maximum Gasteiger partial charge on any atom is 0.308 e. The highest BCUT2D eigenvalue weighted by Crippen LogP contribution is 2.14. The minimum atomic E-state index is -0.583. The fourth-order valence-corrected chi connectivity index (χ4v) is 2.18. The Morgan fingerprint density at radius 2 is 1.65 bits per heavy atom. The molecule has 1 aliphatic heterocycles. The molecule has 0 bridgehead atoms. The van der Waals surface area contributed by atoms with E-state index >= 15 is 0 Å². The van der Waals surface area contributed by atoms with E-state index in [-0.39, 0.29) is 12.4 Å². The van der Waals surface area contributed by atoms with Gasteiger partial charge in [-0.25, -0.2) is 0 Å². The summed E-state index contributed by atoms with van der Waals surface area (Å²) in [5.74, 6) is -0.375. The van der Waals surface area contributed by atoms with Crippen LogP contribution in [0.4, 0.5) is 0 Å². The molecule has 7 heteroatoms. The number of benzene rings is 2. The summed E-state index contributed by atoms with van der Waals surface area (Å²) in [4.78, 5) is 23.9. The first kappa shape index (κ1) is 17.3. The quantitative estimate of drug-likeness (QED) is 0.801. The van der Waals surface area contributed by atoms with E-state index in [1.807, 2.05) is 30.3 Å². The van der Waals surface area contributed by atoms with Gasteiger partial charge in [-0.3, -0.25) is 20.4 Å². The molecule has 2 aromatic rings. The minimum Gasteiger partial charge on any atom is -0.494 e. The standard InChI is InChI=1S/C19H18N2O5/c22-18(20-21-19(23)17-13-24-10-11-25-17)15-6-8-16(9-7-15)26-12-14-4-2-1-3-5-14/h1-9,13H,10-12H2,(H,20,22)(H,21,23). The second-order valence-corrected chi connectivity index (χ2v) is 5.41. The molecule has 0 fully saturated rings. The van der Waals surface area contributed by atoms with Crippen LogP contribution in [0.25, 0.3) is 0 Å². The Morgan fingerprint density at radius 3 is 2.35 bits per heavy atom. The Balaban J connectivity index is 1.48. The van der Waals surface area contributed by atoms with Crippen molar-refractivity contribution in [1.82, 2.24) is 10.9 Å². The van der Waals surface area contributed by atoms with Crippen molar-refractivity contribution in [2.75, 3.05) is 13.2 Å². The topological polar surface area (TPSA) is 85.9 Å². The van der Waals surface area contributed by atoms with Crippen molar-refractivity contribution in [2.24, 2.45) is 0 Å². The third-order valence-electron chi connectivity index (χ3n) is 3.53. The molecule has 2 aromatic carbocycles. The van der Waals surface area contributed by atoms with Gasteiger partial charge in [-0.1, -0.05) is 30.3 Å². The molecular weight excluding hydrogens is 336 g/mol. The molecular formula is C19H18N2O5. The minimum absolute atomic E-state index is 0.0150. The summed E-state index contributed by atoms with van der Waals surface area (Å²) in [6.07, 6.45) is 1.21. The molecule has 0 radical (unpaired) electrons. The fourth-order valence-electron chi connectivity index (χ4n) is 2.18. The van der Waals surface area contributed by atoms with Gasteiger partial charge in [-0.15, -0.1) is 0 Å². The lowest BCUT2D eigenvalue weighted by atomic mass is 10.2. The summed E-state index contributed by atoms with van der Waals surface area (Å²) in [6, 6.07) is 16.4. The smallest absolute Gasteiger partial charge is 0.308 e. The molecule has 134 valence electrons. The van der Waals surface area contributed by atoms with E-state index in [0.717, 1.165) is 5.56 Å². The van der Waals surface area contributed by atoms with E-state index in [1.54, 1.807) is 24.3 Å². The summed E-state index contributed by atoms with van der Waals surface area (Å²) in [7, 11) is 0. The van der Waals surface area contributed by atoms with E-state index in [2.05, 4.69) is 10.9 Å². The molecule has 1 aliphatic rings. The number of ether oxygens (including phenoxy) is 3. The van der Waals surface area contributed by atoms with Crippen LogP contribution in [0.5, 0.6) is 5.75 Å². The summed E-state index contributed by atoms with van der Waals surface area (Å²) >= 11 is 0. The number of hydrazine groups is 1. The van der Waals surface area contributed by atoms with Crippen molar-refractivity contribution in [2.45, 2.75) is 6.61 Å². The number of nitrogens with one attached hydrogen (secondary N) is 2. The number of rotatable bonds is 5. The van der Waals surface area contributed by atoms with Crippen LogP contribution in [0.1, 0.15) is 15.9 Å². The lowest BCUT2D eigenvalue weighted by Crippen LogP contribution is -2.43.